The van der Waals surface area contributed by atoms with E-state index < -0.39 is 0 Å². The van der Waals surface area contributed by atoms with Gasteiger partial charge in [0, 0.05) is 52.3 Å². The first-order chi connectivity index (χ1) is 11.2. The molecule has 0 bridgehead atoms. The van der Waals surface area contributed by atoms with Crippen LogP contribution in [0.25, 0.3) is 0 Å². The van der Waals surface area contributed by atoms with Crippen molar-refractivity contribution in [2.45, 2.75) is 37.3 Å². The Morgan fingerprint density at radius 3 is 3.00 bits per heavy atom. The van der Waals surface area contributed by atoms with Gasteiger partial charge in [0.25, 0.3) is 0 Å². The summed E-state index contributed by atoms with van der Waals surface area (Å²) in [4.78, 5) is 9.62. The highest BCUT2D eigenvalue weighted by molar-refractivity contribution is 8.01. The Labute approximate surface area is 146 Å². The van der Waals surface area contributed by atoms with Crippen LogP contribution in [0.15, 0.2) is 36.7 Å². The number of rotatable bonds is 5. The quantitative estimate of drug-likeness (QED) is 0.824. The molecule has 0 saturated carbocycles. The van der Waals surface area contributed by atoms with Gasteiger partial charge in [0.05, 0.1) is 12.7 Å². The number of hydrogen-bond donors (Lipinski definition) is 0. The standard InChI is InChI=1S/C18H22N2OS2/c1-14-4-5-17(23-14)9-20-12-18(13-20)7-16(11-22-18)21-10-15-3-2-6-19-8-15/h2-6,8,16H,7,9-13H2,1H3/t16-/m1/s1. The summed E-state index contributed by atoms with van der Waals surface area (Å²) in [5.41, 5.74) is 1.17. The molecule has 5 heteroatoms. The van der Waals surface area contributed by atoms with Gasteiger partial charge in [-0.25, -0.2) is 0 Å². The average Bonchev–Trinajstić information content (AvgIpc) is 3.13. The molecule has 1 spiro atoms. The predicted octanol–water partition coefficient (Wildman–Crippen LogP) is 3.73. The SMILES string of the molecule is Cc1ccc(CN2CC3(C[C@@H](OCc4cccnc4)CS3)C2)s1. The van der Waals surface area contributed by atoms with Crippen LogP contribution in [-0.2, 0) is 17.9 Å². The maximum atomic E-state index is 6.10. The van der Waals surface area contributed by atoms with Crippen molar-refractivity contribution in [1.29, 1.82) is 0 Å². The Morgan fingerprint density at radius 1 is 1.35 bits per heavy atom. The molecule has 2 aliphatic heterocycles. The Balaban J connectivity index is 1.23. The Bertz CT molecular complexity index is 652. The van der Waals surface area contributed by atoms with Crippen molar-refractivity contribution in [3.8, 4) is 0 Å². The van der Waals surface area contributed by atoms with Gasteiger partial charge in [0.2, 0.25) is 0 Å². The number of thioether (sulfide) groups is 1. The van der Waals surface area contributed by atoms with Gasteiger partial charge in [-0.05, 0) is 37.1 Å². The minimum absolute atomic E-state index is 0.395. The van der Waals surface area contributed by atoms with Gasteiger partial charge in [0.1, 0.15) is 0 Å². The van der Waals surface area contributed by atoms with Crippen molar-refractivity contribution in [1.82, 2.24) is 9.88 Å². The number of thiophene rings is 1. The van der Waals surface area contributed by atoms with Crippen LogP contribution in [0.4, 0.5) is 0 Å². The first kappa shape index (κ1) is 15.6. The van der Waals surface area contributed by atoms with Gasteiger partial charge < -0.3 is 4.74 Å². The number of aryl methyl sites for hydroxylation is 1. The molecule has 2 fully saturated rings. The summed E-state index contributed by atoms with van der Waals surface area (Å²) >= 11 is 4.04. The van der Waals surface area contributed by atoms with Crippen molar-refractivity contribution in [2.75, 3.05) is 18.8 Å². The highest BCUT2D eigenvalue weighted by Crippen LogP contribution is 2.46. The molecular formula is C18H22N2OS2. The van der Waals surface area contributed by atoms with Crippen LogP contribution in [-0.4, -0.2) is 39.6 Å². The predicted molar refractivity (Wildman–Crippen MR) is 97.0 cm³/mol. The smallest absolute Gasteiger partial charge is 0.0736 e. The van der Waals surface area contributed by atoms with E-state index in [9.17, 15) is 0 Å². The lowest BCUT2D eigenvalue weighted by Crippen LogP contribution is -2.58. The Morgan fingerprint density at radius 2 is 2.26 bits per heavy atom. The molecule has 4 heterocycles. The van der Waals surface area contributed by atoms with E-state index in [-0.39, 0.29) is 0 Å². The van der Waals surface area contributed by atoms with E-state index >= 15 is 0 Å². The zero-order chi connectivity index (χ0) is 15.7. The van der Waals surface area contributed by atoms with E-state index in [0.717, 1.165) is 12.3 Å². The first-order valence-corrected chi connectivity index (χ1v) is 9.93. The summed E-state index contributed by atoms with van der Waals surface area (Å²) in [6.07, 6.45) is 5.29. The molecule has 0 unspecified atom stereocenters. The molecular weight excluding hydrogens is 324 g/mol. The normalized spacial score (nSPS) is 23.3. The average molecular weight is 347 g/mol. The maximum absolute atomic E-state index is 6.10. The second-order valence-corrected chi connectivity index (χ2v) is 9.51. The third kappa shape index (κ3) is 3.63. The third-order valence-electron chi connectivity index (χ3n) is 4.58. The van der Waals surface area contributed by atoms with E-state index in [4.69, 9.17) is 4.74 Å². The molecule has 0 radical (unpaired) electrons. The summed E-state index contributed by atoms with van der Waals surface area (Å²) in [6.45, 7) is 6.40. The summed E-state index contributed by atoms with van der Waals surface area (Å²) < 4.78 is 6.55. The van der Waals surface area contributed by atoms with Crippen molar-refractivity contribution in [2.24, 2.45) is 0 Å². The minimum atomic E-state index is 0.395. The highest BCUT2D eigenvalue weighted by atomic mass is 32.2. The van der Waals surface area contributed by atoms with Crippen molar-refractivity contribution in [3.05, 3.63) is 52.0 Å². The maximum Gasteiger partial charge on any atom is 0.0736 e. The molecule has 0 amide bonds. The van der Waals surface area contributed by atoms with E-state index in [2.05, 4.69) is 46.8 Å². The molecule has 2 aliphatic rings. The molecule has 2 aromatic heterocycles. The van der Waals surface area contributed by atoms with Gasteiger partial charge in [-0.2, -0.15) is 0 Å². The van der Waals surface area contributed by atoms with Crippen molar-refractivity contribution in [3.63, 3.8) is 0 Å². The number of pyridine rings is 1. The zero-order valence-corrected chi connectivity index (χ0v) is 15.0. The third-order valence-corrected chi connectivity index (χ3v) is 7.14. The molecule has 0 aromatic carbocycles. The fourth-order valence-corrected chi connectivity index (χ4v) is 6.04. The second kappa shape index (κ2) is 6.55. The Kier molecular flexibility index (Phi) is 4.46. The van der Waals surface area contributed by atoms with Gasteiger partial charge in [0.15, 0.2) is 0 Å². The van der Waals surface area contributed by atoms with E-state index in [1.165, 1.54) is 34.8 Å². The number of likely N-dealkylation sites (tertiary alicyclic amines) is 1. The number of nitrogens with zero attached hydrogens (tertiary/aromatic N) is 2. The molecule has 2 aromatic rings. The highest BCUT2D eigenvalue weighted by Gasteiger charge is 2.49. The molecule has 0 N–H and O–H groups in total. The van der Waals surface area contributed by atoms with Gasteiger partial charge in [-0.15, -0.1) is 23.1 Å². The van der Waals surface area contributed by atoms with E-state index in [1.807, 2.05) is 29.8 Å². The molecule has 3 nitrogen and oxygen atoms in total. The monoisotopic (exact) mass is 346 g/mol. The largest absolute Gasteiger partial charge is 0.373 e. The lowest BCUT2D eigenvalue weighted by atomic mass is 9.93. The Hall–Kier alpha value is -0.880. The van der Waals surface area contributed by atoms with Crippen LogP contribution in [0.2, 0.25) is 0 Å². The fraction of sp³-hybridized carbons (Fsp3) is 0.500. The molecule has 4 rings (SSSR count). The molecule has 0 aliphatic carbocycles. The van der Waals surface area contributed by atoms with Crippen LogP contribution >= 0.6 is 23.1 Å². The lowest BCUT2D eigenvalue weighted by Gasteiger charge is -2.47. The van der Waals surface area contributed by atoms with E-state index in [0.29, 0.717) is 17.5 Å². The summed E-state index contributed by atoms with van der Waals surface area (Å²) in [6, 6.07) is 8.55. The van der Waals surface area contributed by atoms with Crippen molar-refractivity contribution < 1.29 is 4.74 Å². The molecule has 1 atom stereocenters. The zero-order valence-electron chi connectivity index (χ0n) is 13.4. The lowest BCUT2D eigenvalue weighted by molar-refractivity contribution is 0.0265. The molecule has 2 saturated heterocycles. The fourth-order valence-electron chi connectivity index (χ4n) is 3.50. The molecule has 122 valence electrons. The minimum Gasteiger partial charge on any atom is -0.373 e. The summed E-state index contributed by atoms with van der Waals surface area (Å²) in [5.74, 6) is 1.13. The number of aromatic nitrogens is 1. The number of ether oxygens (including phenoxy) is 1. The van der Waals surface area contributed by atoms with Crippen LogP contribution in [0.1, 0.15) is 21.7 Å². The number of hydrogen-bond acceptors (Lipinski definition) is 5. The van der Waals surface area contributed by atoms with Crippen LogP contribution in [0.3, 0.4) is 0 Å². The van der Waals surface area contributed by atoms with E-state index in [1.54, 1.807) is 0 Å². The van der Waals surface area contributed by atoms with Crippen molar-refractivity contribution >= 4 is 23.1 Å². The van der Waals surface area contributed by atoms with Gasteiger partial charge in [-0.3, -0.25) is 9.88 Å². The summed E-state index contributed by atoms with van der Waals surface area (Å²) in [7, 11) is 0. The molecule has 23 heavy (non-hydrogen) atoms. The van der Waals surface area contributed by atoms with Crippen LogP contribution < -0.4 is 0 Å². The van der Waals surface area contributed by atoms with Crippen LogP contribution in [0.5, 0.6) is 0 Å². The summed E-state index contributed by atoms with van der Waals surface area (Å²) in [5, 5.41) is 0. The van der Waals surface area contributed by atoms with Gasteiger partial charge >= 0.3 is 0 Å². The first-order valence-electron chi connectivity index (χ1n) is 8.13. The second-order valence-electron chi connectivity index (χ2n) is 6.65. The topological polar surface area (TPSA) is 25.4 Å². The van der Waals surface area contributed by atoms with Crippen LogP contribution in [0, 0.1) is 6.92 Å². The van der Waals surface area contributed by atoms with Gasteiger partial charge in [-0.1, -0.05) is 6.07 Å².